The molecule has 23 heavy (non-hydrogen) atoms. The first-order chi connectivity index (χ1) is 10.6. The summed E-state index contributed by atoms with van der Waals surface area (Å²) in [5.74, 6) is -0.865. The summed E-state index contributed by atoms with van der Waals surface area (Å²) < 4.78 is 5.33. The third-order valence-electron chi connectivity index (χ3n) is 4.06. The summed E-state index contributed by atoms with van der Waals surface area (Å²) in [6.45, 7) is 7.08. The molecular weight excluding hydrogens is 300 g/mol. The first-order valence-electron chi connectivity index (χ1n) is 8.11. The molecule has 2 N–H and O–H groups in total. The van der Waals surface area contributed by atoms with E-state index in [1.807, 2.05) is 32.7 Å². The van der Waals surface area contributed by atoms with E-state index in [4.69, 9.17) is 9.84 Å². The molecule has 0 aliphatic carbocycles. The van der Waals surface area contributed by atoms with Crippen LogP contribution in [0.2, 0.25) is 0 Å². The number of likely N-dealkylation sites (N-methyl/N-ethyl adjacent to an activating group) is 1. The van der Waals surface area contributed by atoms with E-state index >= 15 is 0 Å². The lowest BCUT2D eigenvalue weighted by atomic mass is 9.84. The average molecular weight is 330 g/mol. The standard InChI is InChI=1S/C16H30N2O5/c1-15(2,3)23-14(22)18-11-16(12-18,10-13(20)21)17(4)8-6-5-7-9-19/h19H,5-12H2,1-4H3,(H,20,21). The van der Waals surface area contributed by atoms with Crippen molar-refractivity contribution >= 4 is 12.1 Å². The van der Waals surface area contributed by atoms with Crippen molar-refractivity contribution in [2.45, 2.75) is 57.6 Å². The van der Waals surface area contributed by atoms with E-state index in [1.165, 1.54) is 0 Å². The highest BCUT2D eigenvalue weighted by Gasteiger charge is 2.50. The smallest absolute Gasteiger partial charge is 0.410 e. The van der Waals surface area contributed by atoms with Gasteiger partial charge in [0.1, 0.15) is 5.60 Å². The molecule has 0 radical (unpaired) electrons. The fourth-order valence-electron chi connectivity index (χ4n) is 2.76. The molecule has 1 aliphatic heterocycles. The van der Waals surface area contributed by atoms with Gasteiger partial charge in [0.15, 0.2) is 0 Å². The van der Waals surface area contributed by atoms with Crippen LogP contribution in [0.15, 0.2) is 0 Å². The van der Waals surface area contributed by atoms with Crippen LogP contribution in [0.25, 0.3) is 0 Å². The Morgan fingerprint density at radius 1 is 1.22 bits per heavy atom. The highest BCUT2D eigenvalue weighted by Crippen LogP contribution is 2.32. The Balaban J connectivity index is 2.59. The number of aliphatic hydroxyl groups excluding tert-OH is 1. The maximum atomic E-state index is 12.0. The Morgan fingerprint density at radius 3 is 2.30 bits per heavy atom. The predicted molar refractivity (Wildman–Crippen MR) is 86.4 cm³/mol. The molecule has 1 rings (SSSR count). The molecule has 0 atom stereocenters. The van der Waals surface area contributed by atoms with Crippen molar-refractivity contribution in [3.63, 3.8) is 0 Å². The van der Waals surface area contributed by atoms with E-state index in [9.17, 15) is 14.7 Å². The molecule has 0 aromatic carbocycles. The fourth-order valence-corrected chi connectivity index (χ4v) is 2.76. The molecular formula is C16H30N2O5. The molecule has 1 heterocycles. The summed E-state index contributed by atoms with van der Waals surface area (Å²) in [4.78, 5) is 26.8. The second-order valence-electron chi connectivity index (χ2n) is 7.34. The lowest BCUT2D eigenvalue weighted by Gasteiger charge is -2.54. The number of rotatable bonds is 8. The third-order valence-corrected chi connectivity index (χ3v) is 4.06. The number of likely N-dealkylation sites (tertiary alicyclic amines) is 1. The first-order valence-corrected chi connectivity index (χ1v) is 8.11. The van der Waals surface area contributed by atoms with Crippen LogP contribution in [0.4, 0.5) is 4.79 Å². The molecule has 1 amide bonds. The molecule has 1 aliphatic rings. The monoisotopic (exact) mass is 330 g/mol. The Bertz CT molecular complexity index is 413. The number of carboxylic acids is 1. The Hall–Kier alpha value is -1.34. The van der Waals surface area contributed by atoms with Crippen LogP contribution in [-0.4, -0.2) is 76.5 Å². The third kappa shape index (κ3) is 5.99. The van der Waals surface area contributed by atoms with Gasteiger partial charge in [-0.1, -0.05) is 0 Å². The number of aliphatic hydroxyl groups is 1. The SMILES string of the molecule is CN(CCCCCO)C1(CC(=O)O)CN(C(=O)OC(C)(C)C)C1. The minimum atomic E-state index is -0.865. The van der Waals surface area contributed by atoms with Gasteiger partial charge in [0.05, 0.1) is 12.0 Å². The molecule has 7 nitrogen and oxygen atoms in total. The highest BCUT2D eigenvalue weighted by molar-refractivity contribution is 5.73. The maximum absolute atomic E-state index is 12.0. The molecule has 0 aromatic rings. The van der Waals surface area contributed by atoms with Crippen LogP contribution in [0, 0.1) is 0 Å². The largest absolute Gasteiger partial charge is 0.481 e. The van der Waals surface area contributed by atoms with E-state index in [-0.39, 0.29) is 13.0 Å². The van der Waals surface area contributed by atoms with Crippen LogP contribution in [0.3, 0.4) is 0 Å². The summed E-state index contributed by atoms with van der Waals surface area (Å²) >= 11 is 0. The molecule has 0 bridgehead atoms. The number of hydrogen-bond donors (Lipinski definition) is 2. The number of carboxylic acid groups (broad SMARTS) is 1. The second-order valence-corrected chi connectivity index (χ2v) is 7.34. The van der Waals surface area contributed by atoms with E-state index in [0.29, 0.717) is 13.1 Å². The van der Waals surface area contributed by atoms with Crippen LogP contribution in [0.5, 0.6) is 0 Å². The van der Waals surface area contributed by atoms with Crippen molar-refractivity contribution in [1.29, 1.82) is 0 Å². The van der Waals surface area contributed by atoms with Crippen molar-refractivity contribution in [1.82, 2.24) is 9.80 Å². The van der Waals surface area contributed by atoms with Crippen LogP contribution < -0.4 is 0 Å². The van der Waals surface area contributed by atoms with Gasteiger partial charge in [-0.2, -0.15) is 0 Å². The van der Waals surface area contributed by atoms with Gasteiger partial charge < -0.3 is 19.8 Å². The lowest BCUT2D eigenvalue weighted by Crippen LogP contribution is -2.71. The lowest BCUT2D eigenvalue weighted by molar-refractivity contribution is -0.145. The van der Waals surface area contributed by atoms with Gasteiger partial charge in [-0.15, -0.1) is 0 Å². The normalized spacial score (nSPS) is 17.0. The number of nitrogens with zero attached hydrogens (tertiary/aromatic N) is 2. The number of ether oxygens (including phenoxy) is 1. The zero-order valence-corrected chi connectivity index (χ0v) is 14.7. The topological polar surface area (TPSA) is 90.3 Å². The summed E-state index contributed by atoms with van der Waals surface area (Å²) in [5.41, 5.74) is -1.08. The Morgan fingerprint density at radius 2 is 1.83 bits per heavy atom. The zero-order chi connectivity index (χ0) is 17.7. The average Bonchev–Trinajstić information content (AvgIpc) is 2.35. The van der Waals surface area contributed by atoms with E-state index in [0.717, 1.165) is 25.8 Å². The molecule has 7 heteroatoms. The van der Waals surface area contributed by atoms with Crippen molar-refractivity contribution in [2.24, 2.45) is 0 Å². The minimum absolute atomic E-state index is 0.00278. The van der Waals surface area contributed by atoms with Crippen molar-refractivity contribution in [2.75, 3.05) is 33.3 Å². The van der Waals surface area contributed by atoms with E-state index < -0.39 is 23.2 Å². The molecule has 0 aromatic heterocycles. The molecule has 1 saturated heterocycles. The van der Waals surface area contributed by atoms with E-state index in [2.05, 4.69) is 0 Å². The number of unbranched alkanes of at least 4 members (excludes halogenated alkanes) is 2. The number of amides is 1. The molecule has 1 fully saturated rings. The van der Waals surface area contributed by atoms with Crippen LogP contribution in [-0.2, 0) is 9.53 Å². The van der Waals surface area contributed by atoms with Gasteiger partial charge in [-0.3, -0.25) is 9.69 Å². The number of carbonyl (C=O) groups is 2. The molecule has 0 spiro atoms. The predicted octanol–water partition coefficient (Wildman–Crippen LogP) is 1.54. The van der Waals surface area contributed by atoms with Crippen molar-refractivity contribution < 1.29 is 24.5 Å². The first kappa shape index (κ1) is 19.7. The number of carbonyl (C=O) groups excluding carboxylic acids is 1. The summed E-state index contributed by atoms with van der Waals surface area (Å²) in [6, 6.07) is 0. The van der Waals surface area contributed by atoms with Gasteiger partial charge >= 0.3 is 12.1 Å². The van der Waals surface area contributed by atoms with Crippen LogP contribution in [0.1, 0.15) is 46.5 Å². The quantitative estimate of drug-likeness (QED) is 0.656. The fraction of sp³-hybridized carbons (Fsp3) is 0.875. The minimum Gasteiger partial charge on any atom is -0.481 e. The molecule has 134 valence electrons. The number of hydrogen-bond acceptors (Lipinski definition) is 5. The summed E-state index contributed by atoms with van der Waals surface area (Å²) in [7, 11) is 1.90. The Labute approximate surface area is 138 Å². The number of aliphatic carboxylic acids is 1. The maximum Gasteiger partial charge on any atom is 0.410 e. The molecule has 0 unspecified atom stereocenters. The molecule has 0 saturated carbocycles. The van der Waals surface area contributed by atoms with Gasteiger partial charge in [-0.25, -0.2) is 4.79 Å². The van der Waals surface area contributed by atoms with Gasteiger partial charge in [0, 0.05) is 19.7 Å². The highest BCUT2D eigenvalue weighted by atomic mass is 16.6. The van der Waals surface area contributed by atoms with Gasteiger partial charge in [0.25, 0.3) is 0 Å². The van der Waals surface area contributed by atoms with Crippen LogP contribution >= 0.6 is 0 Å². The summed E-state index contributed by atoms with van der Waals surface area (Å²) in [6.07, 6.45) is 2.16. The summed E-state index contributed by atoms with van der Waals surface area (Å²) in [5, 5.41) is 18.0. The Kier molecular flexibility index (Phi) is 6.83. The van der Waals surface area contributed by atoms with Gasteiger partial charge in [0.2, 0.25) is 0 Å². The van der Waals surface area contributed by atoms with Crippen molar-refractivity contribution in [3.05, 3.63) is 0 Å². The van der Waals surface area contributed by atoms with Gasteiger partial charge in [-0.05, 0) is 53.6 Å². The van der Waals surface area contributed by atoms with Crippen molar-refractivity contribution in [3.8, 4) is 0 Å². The second kappa shape index (κ2) is 7.97. The van der Waals surface area contributed by atoms with E-state index in [1.54, 1.807) is 4.90 Å². The zero-order valence-electron chi connectivity index (χ0n) is 14.7.